The first-order valence-corrected chi connectivity index (χ1v) is 6.56. The second-order valence-electron chi connectivity index (χ2n) is 5.07. The largest absolute Gasteiger partial charge is 0.476 e. The zero-order valence-corrected chi connectivity index (χ0v) is 11.4. The molecule has 1 aromatic heterocycles. The minimum atomic E-state index is -1.10. The Hall–Kier alpha value is -2.70. The first-order valence-electron chi connectivity index (χ1n) is 6.56. The third-order valence-corrected chi connectivity index (χ3v) is 3.63. The van der Waals surface area contributed by atoms with Crippen molar-refractivity contribution in [3.05, 3.63) is 47.3 Å². The zero-order chi connectivity index (χ0) is 15.0. The van der Waals surface area contributed by atoms with Crippen LogP contribution in [0.5, 0.6) is 0 Å². The molecule has 3 rings (SSSR count). The van der Waals surface area contributed by atoms with Crippen molar-refractivity contribution in [2.24, 2.45) is 0 Å². The number of carbonyl (C=O) groups excluding carboxylic acids is 1. The summed E-state index contributed by atoms with van der Waals surface area (Å²) in [5.41, 5.74) is 1.55. The normalized spacial score (nSPS) is 14.8. The van der Waals surface area contributed by atoms with Gasteiger partial charge in [0.15, 0.2) is 5.69 Å². The molecule has 0 unspecified atom stereocenters. The monoisotopic (exact) mass is 286 g/mol. The van der Waals surface area contributed by atoms with Gasteiger partial charge in [-0.1, -0.05) is 23.4 Å². The minimum absolute atomic E-state index is 0.0112. The number of aryl methyl sites for hydroxylation is 1. The molecule has 21 heavy (non-hydrogen) atoms. The van der Waals surface area contributed by atoms with Crippen molar-refractivity contribution in [1.29, 1.82) is 0 Å². The van der Waals surface area contributed by atoms with Gasteiger partial charge < -0.3 is 10.0 Å². The highest BCUT2D eigenvalue weighted by Crippen LogP contribution is 2.23. The number of rotatable bonds is 3. The third-order valence-electron chi connectivity index (χ3n) is 3.63. The Bertz CT molecular complexity index is 704. The molecule has 0 bridgehead atoms. The number of hydrogen-bond acceptors (Lipinski definition) is 4. The van der Waals surface area contributed by atoms with Crippen LogP contribution in [0, 0.1) is 6.92 Å². The summed E-state index contributed by atoms with van der Waals surface area (Å²) in [7, 11) is 0. The van der Waals surface area contributed by atoms with E-state index in [0.717, 1.165) is 5.56 Å². The van der Waals surface area contributed by atoms with Crippen LogP contribution in [0.25, 0.3) is 0 Å². The Morgan fingerprint density at radius 1 is 1.29 bits per heavy atom. The molecule has 2 heterocycles. The van der Waals surface area contributed by atoms with Gasteiger partial charge >= 0.3 is 5.97 Å². The number of carboxylic acids is 1. The number of amides is 1. The van der Waals surface area contributed by atoms with Crippen LogP contribution in [0.2, 0.25) is 0 Å². The lowest BCUT2D eigenvalue weighted by Crippen LogP contribution is -2.51. The maximum Gasteiger partial charge on any atom is 0.358 e. The van der Waals surface area contributed by atoms with Crippen LogP contribution in [0.15, 0.2) is 30.5 Å². The van der Waals surface area contributed by atoms with E-state index >= 15 is 0 Å². The van der Waals surface area contributed by atoms with Gasteiger partial charge in [-0.15, -0.1) is 5.10 Å². The van der Waals surface area contributed by atoms with Crippen LogP contribution in [0.4, 0.5) is 0 Å². The van der Waals surface area contributed by atoms with E-state index in [4.69, 9.17) is 5.11 Å². The molecule has 7 heteroatoms. The van der Waals surface area contributed by atoms with Gasteiger partial charge in [-0.2, -0.15) is 0 Å². The Kier molecular flexibility index (Phi) is 3.17. The van der Waals surface area contributed by atoms with Gasteiger partial charge in [0.05, 0.1) is 12.2 Å². The number of aromatic carboxylic acids is 1. The van der Waals surface area contributed by atoms with E-state index in [1.807, 2.05) is 31.2 Å². The minimum Gasteiger partial charge on any atom is -0.476 e. The molecule has 0 aliphatic carbocycles. The molecule has 1 aliphatic rings. The maximum atomic E-state index is 12.3. The fourth-order valence-corrected chi connectivity index (χ4v) is 2.32. The SMILES string of the molecule is Cc1ccccc1C(=O)N1CC(n2cc(C(=O)O)nn2)C1. The Labute approximate surface area is 120 Å². The molecule has 0 spiro atoms. The molecule has 1 amide bonds. The van der Waals surface area contributed by atoms with Gasteiger partial charge in [-0.25, -0.2) is 9.48 Å². The molecule has 2 aromatic rings. The predicted molar refractivity (Wildman–Crippen MR) is 73.1 cm³/mol. The van der Waals surface area contributed by atoms with E-state index in [-0.39, 0.29) is 17.6 Å². The first-order chi connectivity index (χ1) is 10.1. The molecular formula is C14H14N4O3. The van der Waals surface area contributed by atoms with E-state index in [1.165, 1.54) is 10.9 Å². The highest BCUT2D eigenvalue weighted by molar-refractivity contribution is 5.96. The first kappa shape index (κ1) is 13.3. The molecule has 1 saturated heterocycles. The number of hydrogen-bond donors (Lipinski definition) is 1. The number of likely N-dealkylation sites (tertiary alicyclic amines) is 1. The molecule has 0 atom stereocenters. The van der Waals surface area contributed by atoms with Crippen LogP contribution in [0.3, 0.4) is 0 Å². The second-order valence-corrected chi connectivity index (χ2v) is 5.07. The standard InChI is InChI=1S/C14H14N4O3/c1-9-4-2-3-5-11(9)13(19)17-6-10(7-17)18-8-12(14(20)21)15-16-18/h2-5,8,10H,6-7H2,1H3,(H,20,21). The van der Waals surface area contributed by atoms with Crippen molar-refractivity contribution in [2.75, 3.05) is 13.1 Å². The van der Waals surface area contributed by atoms with Gasteiger partial charge in [-0.3, -0.25) is 4.79 Å². The summed E-state index contributed by atoms with van der Waals surface area (Å²) in [5.74, 6) is -1.11. The smallest absolute Gasteiger partial charge is 0.358 e. The van der Waals surface area contributed by atoms with Gasteiger partial charge in [-0.05, 0) is 18.6 Å². The number of carboxylic acid groups (broad SMARTS) is 1. The van der Waals surface area contributed by atoms with Crippen molar-refractivity contribution >= 4 is 11.9 Å². The van der Waals surface area contributed by atoms with E-state index < -0.39 is 5.97 Å². The van der Waals surface area contributed by atoms with Crippen LogP contribution < -0.4 is 0 Å². The highest BCUT2D eigenvalue weighted by Gasteiger charge is 2.34. The Balaban J connectivity index is 1.66. The highest BCUT2D eigenvalue weighted by atomic mass is 16.4. The summed E-state index contributed by atoms with van der Waals surface area (Å²) in [6.45, 7) is 2.92. The topological polar surface area (TPSA) is 88.3 Å². The molecule has 1 N–H and O–H groups in total. The van der Waals surface area contributed by atoms with Crippen molar-refractivity contribution in [3.63, 3.8) is 0 Å². The lowest BCUT2D eigenvalue weighted by atomic mass is 10.0. The van der Waals surface area contributed by atoms with Gasteiger partial charge in [0, 0.05) is 18.7 Å². The number of benzene rings is 1. The molecule has 1 fully saturated rings. The zero-order valence-electron chi connectivity index (χ0n) is 11.4. The average molecular weight is 286 g/mol. The predicted octanol–water partition coefficient (Wildman–Crippen LogP) is 0.982. The number of aromatic nitrogens is 3. The van der Waals surface area contributed by atoms with Gasteiger partial charge in [0.1, 0.15) is 0 Å². The second kappa shape index (κ2) is 5.01. The number of carbonyl (C=O) groups is 2. The molecule has 108 valence electrons. The Morgan fingerprint density at radius 2 is 2.00 bits per heavy atom. The van der Waals surface area contributed by atoms with E-state index in [9.17, 15) is 9.59 Å². The molecule has 0 saturated carbocycles. The summed E-state index contributed by atoms with van der Waals surface area (Å²) in [5, 5.41) is 16.2. The van der Waals surface area contributed by atoms with Crippen molar-refractivity contribution in [2.45, 2.75) is 13.0 Å². The van der Waals surface area contributed by atoms with E-state index in [2.05, 4.69) is 10.3 Å². The maximum absolute atomic E-state index is 12.3. The lowest BCUT2D eigenvalue weighted by Gasteiger charge is -2.39. The Morgan fingerprint density at radius 3 is 2.62 bits per heavy atom. The van der Waals surface area contributed by atoms with Crippen molar-refractivity contribution in [1.82, 2.24) is 19.9 Å². The fraction of sp³-hybridized carbons (Fsp3) is 0.286. The van der Waals surface area contributed by atoms with Crippen LogP contribution >= 0.6 is 0 Å². The number of nitrogens with zero attached hydrogens (tertiary/aromatic N) is 4. The quantitative estimate of drug-likeness (QED) is 0.908. The van der Waals surface area contributed by atoms with Crippen LogP contribution in [-0.2, 0) is 0 Å². The average Bonchev–Trinajstić information content (AvgIpc) is 2.87. The van der Waals surface area contributed by atoms with Crippen molar-refractivity contribution < 1.29 is 14.7 Å². The van der Waals surface area contributed by atoms with Crippen LogP contribution in [0.1, 0.15) is 32.5 Å². The van der Waals surface area contributed by atoms with Gasteiger partial charge in [0.2, 0.25) is 0 Å². The van der Waals surface area contributed by atoms with E-state index in [0.29, 0.717) is 18.7 Å². The molecular weight excluding hydrogens is 272 g/mol. The third kappa shape index (κ3) is 2.37. The summed E-state index contributed by atoms with van der Waals surface area (Å²) in [4.78, 5) is 24.8. The summed E-state index contributed by atoms with van der Waals surface area (Å²) in [6.07, 6.45) is 1.39. The molecule has 1 aliphatic heterocycles. The van der Waals surface area contributed by atoms with E-state index in [1.54, 1.807) is 4.90 Å². The van der Waals surface area contributed by atoms with Crippen molar-refractivity contribution in [3.8, 4) is 0 Å². The molecule has 0 radical (unpaired) electrons. The molecule has 1 aromatic carbocycles. The lowest BCUT2D eigenvalue weighted by molar-refractivity contribution is 0.0496. The summed E-state index contributed by atoms with van der Waals surface area (Å²) < 4.78 is 1.51. The summed E-state index contributed by atoms with van der Waals surface area (Å²) in [6, 6.07) is 7.44. The summed E-state index contributed by atoms with van der Waals surface area (Å²) >= 11 is 0. The fourth-order valence-electron chi connectivity index (χ4n) is 2.32. The molecule has 7 nitrogen and oxygen atoms in total. The van der Waals surface area contributed by atoms with Crippen LogP contribution in [-0.4, -0.2) is 50.0 Å². The van der Waals surface area contributed by atoms with Gasteiger partial charge in [0.25, 0.3) is 5.91 Å².